The molecule has 1 atom stereocenters. The van der Waals surface area contributed by atoms with Crippen LogP contribution in [0.4, 0.5) is 0 Å². The summed E-state index contributed by atoms with van der Waals surface area (Å²) in [5, 5.41) is 1.06. The zero-order chi connectivity index (χ0) is 24.4. The molecule has 1 aliphatic heterocycles. The van der Waals surface area contributed by atoms with Crippen molar-refractivity contribution in [2.45, 2.75) is 13.0 Å². The van der Waals surface area contributed by atoms with Gasteiger partial charge in [0.25, 0.3) is 23.5 Å². The van der Waals surface area contributed by atoms with Gasteiger partial charge >= 0.3 is 0 Å². The van der Waals surface area contributed by atoms with Gasteiger partial charge in [0.15, 0.2) is 0 Å². The van der Waals surface area contributed by atoms with Gasteiger partial charge in [-0.25, -0.2) is 5.06 Å². The molecule has 10 heteroatoms. The minimum absolute atomic E-state index is 0.0877. The molecule has 0 aliphatic carbocycles. The Morgan fingerprint density at radius 2 is 1.82 bits per heavy atom. The zero-order valence-electron chi connectivity index (χ0n) is 19.1. The molecule has 0 spiro atoms. The quantitative estimate of drug-likeness (QED) is 0.350. The molecule has 0 bridgehead atoms. The molecule has 10 nitrogen and oxygen atoms in total. The Hall–Kier alpha value is -4.05. The number of pyridine rings is 1. The monoisotopic (exact) mass is 463 g/mol. The number of aromatic amines is 1. The molecule has 0 radical (unpaired) electrons. The number of aromatic nitrogens is 2. The molecule has 2 aromatic heterocycles. The maximum absolute atomic E-state index is 13.1. The lowest BCUT2D eigenvalue weighted by Crippen LogP contribution is -2.56. The van der Waals surface area contributed by atoms with Crippen molar-refractivity contribution in [3.8, 4) is 0 Å². The van der Waals surface area contributed by atoms with E-state index in [1.807, 2.05) is 6.07 Å². The van der Waals surface area contributed by atoms with Gasteiger partial charge in [-0.1, -0.05) is 18.2 Å². The van der Waals surface area contributed by atoms with Gasteiger partial charge in [0.2, 0.25) is 0 Å². The largest absolute Gasteiger partial charge is 0.358 e. The number of nitrogens with zero attached hydrogens (tertiary/aromatic N) is 4. The summed E-state index contributed by atoms with van der Waals surface area (Å²) >= 11 is 0. The number of benzene rings is 1. The van der Waals surface area contributed by atoms with Gasteiger partial charge in [0.1, 0.15) is 5.52 Å². The van der Waals surface area contributed by atoms with Crippen molar-refractivity contribution >= 4 is 34.5 Å². The molecule has 3 amide bonds. The van der Waals surface area contributed by atoms with Crippen LogP contribution in [0.3, 0.4) is 0 Å². The molecule has 1 aliphatic rings. The molecular weight excluding hydrogens is 438 g/mol. The first-order valence-corrected chi connectivity index (χ1v) is 10.8. The van der Waals surface area contributed by atoms with Crippen LogP contribution >= 0.6 is 0 Å². The van der Waals surface area contributed by atoms with Crippen molar-refractivity contribution in [2.75, 3.05) is 33.8 Å². The lowest BCUT2D eigenvalue weighted by Gasteiger charge is -2.39. The number of ketones is 1. The number of hydrogen-bond donors (Lipinski definition) is 1. The van der Waals surface area contributed by atoms with E-state index in [9.17, 15) is 19.2 Å². The van der Waals surface area contributed by atoms with E-state index in [0.29, 0.717) is 24.2 Å². The summed E-state index contributed by atoms with van der Waals surface area (Å²) in [5.74, 6) is -1.93. The first kappa shape index (κ1) is 23.1. The summed E-state index contributed by atoms with van der Waals surface area (Å²) < 4.78 is 0. The Balaban J connectivity index is 1.51. The van der Waals surface area contributed by atoms with E-state index in [0.717, 1.165) is 5.06 Å². The Morgan fingerprint density at radius 1 is 1.09 bits per heavy atom. The Kier molecular flexibility index (Phi) is 6.42. The predicted molar refractivity (Wildman–Crippen MR) is 123 cm³/mol. The molecule has 34 heavy (non-hydrogen) atoms. The third kappa shape index (κ3) is 4.15. The summed E-state index contributed by atoms with van der Waals surface area (Å²) in [7, 11) is 2.84. The second-order valence-corrected chi connectivity index (χ2v) is 8.06. The lowest BCUT2D eigenvalue weighted by molar-refractivity contribution is -0.130. The maximum Gasteiger partial charge on any atom is 0.295 e. The van der Waals surface area contributed by atoms with Gasteiger partial charge in [-0.15, -0.1) is 0 Å². The third-order valence-corrected chi connectivity index (χ3v) is 5.99. The molecule has 4 rings (SSSR count). The van der Waals surface area contributed by atoms with E-state index in [4.69, 9.17) is 4.84 Å². The summed E-state index contributed by atoms with van der Waals surface area (Å²) in [5.41, 5.74) is 1.52. The number of Topliss-reactive ketones (excluding diaryl/α,β-unsaturated/α-hetero) is 1. The highest BCUT2D eigenvalue weighted by Crippen LogP contribution is 2.23. The average Bonchev–Trinajstić information content (AvgIpc) is 3.31. The lowest BCUT2D eigenvalue weighted by atomic mass is 10.1. The molecule has 0 unspecified atom stereocenters. The molecule has 0 saturated carbocycles. The normalized spacial score (nSPS) is 15.9. The molecule has 1 N–H and O–H groups in total. The van der Waals surface area contributed by atoms with Crippen molar-refractivity contribution < 1.29 is 24.0 Å². The minimum atomic E-state index is -0.724. The number of piperazine rings is 1. The minimum Gasteiger partial charge on any atom is -0.358 e. The maximum atomic E-state index is 13.1. The van der Waals surface area contributed by atoms with Crippen LogP contribution in [0.25, 0.3) is 11.0 Å². The number of fused-ring (bicyclic) bond motifs is 1. The van der Waals surface area contributed by atoms with Crippen LogP contribution in [0, 0.1) is 0 Å². The third-order valence-electron chi connectivity index (χ3n) is 5.99. The number of carbonyl (C=O) groups is 4. The van der Waals surface area contributed by atoms with Crippen molar-refractivity contribution in [1.82, 2.24) is 24.8 Å². The standard InChI is InChI=1S/C24H25N5O5/c1-15-14-28(22(31)16-7-5-4-6-8-16)11-12-29(15)24(33)21(30)18-13-26-19-17(9-10-25-20(18)19)23(32)27(2)34-3/h4-10,13,15,26H,11-12,14H2,1-3H3/t15-/m1/s1. The predicted octanol–water partition coefficient (Wildman–Crippen LogP) is 1.75. The van der Waals surface area contributed by atoms with E-state index in [1.54, 1.807) is 36.1 Å². The van der Waals surface area contributed by atoms with Gasteiger partial charge in [-0.2, -0.15) is 0 Å². The van der Waals surface area contributed by atoms with Crippen molar-refractivity contribution in [1.29, 1.82) is 0 Å². The number of nitrogens with one attached hydrogen (secondary N) is 1. The fraction of sp³-hybridized carbons (Fsp3) is 0.292. The first-order valence-electron chi connectivity index (χ1n) is 10.8. The van der Waals surface area contributed by atoms with Crippen LogP contribution in [0.15, 0.2) is 48.8 Å². The SMILES string of the molecule is CON(C)C(=O)c1ccnc2c(C(=O)C(=O)N3CCN(C(=O)c4ccccc4)C[C@H]3C)c[nH]c12. The highest BCUT2D eigenvalue weighted by Gasteiger charge is 2.34. The second kappa shape index (κ2) is 9.44. The smallest absolute Gasteiger partial charge is 0.295 e. The van der Waals surface area contributed by atoms with Crippen LogP contribution in [0.1, 0.15) is 38.0 Å². The Labute approximate surface area is 196 Å². The highest BCUT2D eigenvalue weighted by atomic mass is 16.7. The number of amides is 3. The van der Waals surface area contributed by atoms with Gasteiger partial charge in [0.05, 0.1) is 23.8 Å². The molecule has 1 aromatic carbocycles. The van der Waals surface area contributed by atoms with Crippen LogP contribution in [0.2, 0.25) is 0 Å². The summed E-state index contributed by atoms with van der Waals surface area (Å²) in [6, 6.07) is 10.1. The topological polar surface area (TPSA) is 116 Å². The molecular formula is C24H25N5O5. The van der Waals surface area contributed by atoms with E-state index >= 15 is 0 Å². The van der Waals surface area contributed by atoms with Crippen molar-refractivity contribution in [2.24, 2.45) is 0 Å². The fourth-order valence-electron chi connectivity index (χ4n) is 4.08. The summed E-state index contributed by atoms with van der Waals surface area (Å²) in [4.78, 5) is 66.7. The van der Waals surface area contributed by atoms with Crippen LogP contribution in [0.5, 0.6) is 0 Å². The molecule has 1 saturated heterocycles. The zero-order valence-corrected chi connectivity index (χ0v) is 19.1. The molecule has 3 aromatic rings. The number of carbonyl (C=O) groups excluding carboxylic acids is 4. The summed E-state index contributed by atoms with van der Waals surface area (Å²) in [6.07, 6.45) is 2.80. The number of rotatable bonds is 5. The van der Waals surface area contributed by atoms with Crippen LogP contribution in [-0.4, -0.2) is 88.2 Å². The number of hydrogen-bond acceptors (Lipinski definition) is 6. The number of H-pyrrole nitrogens is 1. The van der Waals surface area contributed by atoms with Gasteiger partial charge < -0.3 is 14.8 Å². The van der Waals surface area contributed by atoms with E-state index in [1.165, 1.54) is 37.5 Å². The van der Waals surface area contributed by atoms with Gasteiger partial charge in [-0.05, 0) is 25.1 Å². The van der Waals surface area contributed by atoms with Crippen molar-refractivity contribution in [3.05, 3.63) is 65.5 Å². The highest BCUT2D eigenvalue weighted by molar-refractivity contribution is 6.44. The average molecular weight is 463 g/mol. The van der Waals surface area contributed by atoms with Gasteiger partial charge in [-0.3, -0.25) is 29.0 Å². The van der Waals surface area contributed by atoms with Crippen molar-refractivity contribution in [3.63, 3.8) is 0 Å². The first-order chi connectivity index (χ1) is 16.3. The summed E-state index contributed by atoms with van der Waals surface area (Å²) in [6.45, 7) is 2.69. The fourth-order valence-corrected chi connectivity index (χ4v) is 4.08. The number of hydroxylamine groups is 2. The van der Waals surface area contributed by atoms with Gasteiger partial charge in [0, 0.05) is 50.7 Å². The molecule has 176 valence electrons. The van der Waals surface area contributed by atoms with E-state index < -0.39 is 17.6 Å². The molecule has 3 heterocycles. The van der Waals surface area contributed by atoms with E-state index in [2.05, 4.69) is 9.97 Å². The van der Waals surface area contributed by atoms with E-state index in [-0.39, 0.29) is 35.1 Å². The Bertz CT molecular complexity index is 1260. The van der Waals surface area contributed by atoms with Crippen LogP contribution < -0.4 is 0 Å². The molecule has 1 fully saturated rings. The second-order valence-electron chi connectivity index (χ2n) is 8.06. The Morgan fingerprint density at radius 3 is 2.50 bits per heavy atom. The van der Waals surface area contributed by atoms with Crippen LogP contribution in [-0.2, 0) is 9.63 Å².